The second-order valence-electron chi connectivity index (χ2n) is 11.0. The normalized spacial score (nSPS) is 20.7. The molecule has 1 unspecified atom stereocenters. The van der Waals surface area contributed by atoms with E-state index in [2.05, 4.69) is 67.4 Å². The molecule has 2 heterocycles. The van der Waals surface area contributed by atoms with Crippen LogP contribution in [0.4, 0.5) is 0 Å². The maximum Gasteiger partial charge on any atom is 0.229 e. The first-order valence-corrected chi connectivity index (χ1v) is 14.4. The smallest absolute Gasteiger partial charge is 0.229 e. The highest BCUT2D eigenvalue weighted by Gasteiger charge is 2.47. The second kappa shape index (κ2) is 12.8. The molecule has 1 saturated carbocycles. The largest absolute Gasteiger partial charge is 0.349 e. The predicted octanol–water partition coefficient (Wildman–Crippen LogP) is 6.12. The van der Waals surface area contributed by atoms with E-state index >= 15 is 0 Å². The van der Waals surface area contributed by atoms with Crippen molar-refractivity contribution in [2.45, 2.75) is 64.0 Å². The first-order chi connectivity index (χ1) is 17.5. The molecule has 1 N–H and O–H groups in total. The van der Waals surface area contributed by atoms with Crippen LogP contribution in [0.3, 0.4) is 0 Å². The number of halogens is 2. The van der Waals surface area contributed by atoms with Crippen molar-refractivity contribution in [1.82, 2.24) is 15.1 Å². The Morgan fingerprint density at radius 1 is 0.973 bits per heavy atom. The van der Waals surface area contributed by atoms with Crippen molar-refractivity contribution in [1.29, 1.82) is 0 Å². The number of nitrogens with zero attached hydrogens (tertiary/aromatic N) is 2. The average molecular weight is 589 g/mol. The van der Waals surface area contributed by atoms with Gasteiger partial charge in [-0.05, 0) is 74.9 Å². The number of rotatable bonds is 8. The van der Waals surface area contributed by atoms with Crippen molar-refractivity contribution in [3.05, 3.63) is 70.2 Å². The van der Waals surface area contributed by atoms with E-state index in [-0.39, 0.29) is 35.7 Å². The van der Waals surface area contributed by atoms with Crippen molar-refractivity contribution in [3.63, 3.8) is 0 Å². The minimum Gasteiger partial charge on any atom is -0.349 e. The van der Waals surface area contributed by atoms with Crippen LogP contribution in [-0.4, -0.2) is 47.8 Å². The zero-order valence-electron chi connectivity index (χ0n) is 21.5. The van der Waals surface area contributed by atoms with Gasteiger partial charge in [-0.25, -0.2) is 0 Å². The highest BCUT2D eigenvalue weighted by Crippen LogP contribution is 2.42. The fourth-order valence-corrected chi connectivity index (χ4v) is 6.58. The van der Waals surface area contributed by atoms with Crippen LogP contribution in [0, 0.1) is 11.3 Å². The third-order valence-electron chi connectivity index (χ3n) is 8.68. The van der Waals surface area contributed by atoms with Gasteiger partial charge in [-0.3, -0.25) is 9.59 Å². The predicted molar refractivity (Wildman–Crippen MR) is 153 cm³/mol. The summed E-state index contributed by atoms with van der Waals surface area (Å²) in [5.41, 5.74) is 2.20. The first-order valence-electron chi connectivity index (χ1n) is 13.6. The minimum absolute atomic E-state index is 0. The van der Waals surface area contributed by atoms with Crippen LogP contribution >= 0.6 is 28.3 Å². The molecule has 1 spiro atoms. The summed E-state index contributed by atoms with van der Waals surface area (Å²) >= 11 is 3.49. The minimum atomic E-state index is -0.179. The fourth-order valence-electron chi connectivity index (χ4n) is 6.32. The van der Waals surface area contributed by atoms with Crippen LogP contribution in [0.25, 0.3) is 0 Å². The van der Waals surface area contributed by atoms with Crippen molar-refractivity contribution in [2.75, 3.05) is 26.2 Å². The molecule has 2 aromatic carbocycles. The standard InChI is InChI=1S/C30H38BrN3O2.ClH/c31-26-12-10-23(11-13-26)22-34-21-17-30(29(34)36)15-19-33(20-16-30)18-14-27(24-6-2-1-3-7-24)32-28(35)25-8-4-5-9-25;/h1-3,6-7,10-13,25,27H,4-5,8-9,14-22H2,(H,32,35);1H. The number of benzene rings is 2. The third kappa shape index (κ3) is 6.76. The summed E-state index contributed by atoms with van der Waals surface area (Å²) < 4.78 is 1.07. The Balaban J connectivity index is 0.00000320. The second-order valence-corrected chi connectivity index (χ2v) is 11.9. The van der Waals surface area contributed by atoms with E-state index in [1.54, 1.807) is 0 Å². The Kier molecular flexibility index (Phi) is 9.71. The Labute approximate surface area is 235 Å². The van der Waals surface area contributed by atoms with Crippen molar-refractivity contribution in [3.8, 4) is 0 Å². The third-order valence-corrected chi connectivity index (χ3v) is 9.21. The summed E-state index contributed by atoms with van der Waals surface area (Å²) in [6.45, 7) is 4.42. The summed E-state index contributed by atoms with van der Waals surface area (Å²) in [7, 11) is 0. The van der Waals surface area contributed by atoms with E-state index in [9.17, 15) is 9.59 Å². The Bertz CT molecular complexity index is 1030. The lowest BCUT2D eigenvalue weighted by Crippen LogP contribution is -2.45. The topological polar surface area (TPSA) is 52.7 Å². The molecular weight excluding hydrogens is 550 g/mol. The van der Waals surface area contributed by atoms with E-state index in [4.69, 9.17) is 0 Å². The van der Waals surface area contributed by atoms with Gasteiger partial charge >= 0.3 is 0 Å². The molecule has 37 heavy (non-hydrogen) atoms. The number of piperidine rings is 1. The molecule has 2 aromatic rings. The monoisotopic (exact) mass is 587 g/mol. The van der Waals surface area contributed by atoms with Gasteiger partial charge in [-0.15, -0.1) is 12.4 Å². The Morgan fingerprint density at radius 2 is 1.62 bits per heavy atom. The number of nitrogens with one attached hydrogen (secondary N) is 1. The van der Waals surface area contributed by atoms with Crippen LogP contribution in [0.5, 0.6) is 0 Å². The number of carbonyl (C=O) groups is 2. The summed E-state index contributed by atoms with van der Waals surface area (Å²) in [5.74, 6) is 0.747. The SMILES string of the molecule is Cl.O=C(NC(CCN1CCC2(CC1)CCN(Cc1ccc(Br)cc1)C2=O)c1ccccc1)C1CCCC1. The molecule has 7 heteroatoms. The van der Waals surface area contributed by atoms with E-state index < -0.39 is 0 Å². The molecule has 1 atom stereocenters. The fraction of sp³-hybridized carbons (Fsp3) is 0.533. The first kappa shape index (κ1) is 28.1. The summed E-state index contributed by atoms with van der Waals surface area (Å²) in [6, 6.07) is 18.7. The molecule has 0 radical (unpaired) electrons. The average Bonchev–Trinajstić information content (AvgIpc) is 3.55. The van der Waals surface area contributed by atoms with E-state index in [0.717, 1.165) is 69.2 Å². The number of carbonyl (C=O) groups excluding carboxylic acids is 2. The van der Waals surface area contributed by atoms with Gasteiger partial charge in [-0.1, -0.05) is 71.2 Å². The summed E-state index contributed by atoms with van der Waals surface area (Å²) in [6.07, 6.45) is 8.13. The number of hydrogen-bond donors (Lipinski definition) is 1. The molecule has 1 aliphatic carbocycles. The zero-order valence-corrected chi connectivity index (χ0v) is 23.9. The van der Waals surface area contributed by atoms with Crippen molar-refractivity contribution in [2.24, 2.45) is 11.3 Å². The van der Waals surface area contributed by atoms with Gasteiger partial charge in [0.05, 0.1) is 11.5 Å². The van der Waals surface area contributed by atoms with Gasteiger partial charge < -0.3 is 15.1 Å². The quantitative estimate of drug-likeness (QED) is 0.404. The maximum atomic E-state index is 13.4. The maximum absolute atomic E-state index is 13.4. The molecule has 5 nitrogen and oxygen atoms in total. The summed E-state index contributed by atoms with van der Waals surface area (Å²) in [4.78, 5) is 30.9. The van der Waals surface area contributed by atoms with Crippen LogP contribution < -0.4 is 5.32 Å². The van der Waals surface area contributed by atoms with Crippen molar-refractivity contribution < 1.29 is 9.59 Å². The molecule has 3 fully saturated rings. The molecule has 2 amide bonds. The lowest BCUT2D eigenvalue weighted by atomic mass is 9.77. The molecule has 0 aromatic heterocycles. The lowest BCUT2D eigenvalue weighted by molar-refractivity contribution is -0.139. The molecule has 2 aliphatic heterocycles. The van der Waals surface area contributed by atoms with Gasteiger partial charge in [0.25, 0.3) is 0 Å². The highest BCUT2D eigenvalue weighted by atomic mass is 79.9. The highest BCUT2D eigenvalue weighted by molar-refractivity contribution is 9.10. The Hall–Kier alpha value is -1.89. The number of hydrogen-bond acceptors (Lipinski definition) is 3. The van der Waals surface area contributed by atoms with Crippen molar-refractivity contribution >= 4 is 40.2 Å². The van der Waals surface area contributed by atoms with Gasteiger partial charge in [0, 0.05) is 30.0 Å². The van der Waals surface area contributed by atoms with E-state index in [1.807, 2.05) is 18.2 Å². The summed E-state index contributed by atoms with van der Waals surface area (Å²) in [5, 5.41) is 3.37. The molecule has 3 aliphatic rings. The van der Waals surface area contributed by atoms with E-state index in [0.29, 0.717) is 12.5 Å². The van der Waals surface area contributed by atoms with Crippen LogP contribution in [0.15, 0.2) is 59.1 Å². The molecule has 2 saturated heterocycles. The van der Waals surface area contributed by atoms with Gasteiger partial charge in [0.15, 0.2) is 0 Å². The van der Waals surface area contributed by atoms with Gasteiger partial charge in [-0.2, -0.15) is 0 Å². The Morgan fingerprint density at radius 3 is 2.30 bits per heavy atom. The molecule has 200 valence electrons. The molecule has 0 bridgehead atoms. The van der Waals surface area contributed by atoms with Gasteiger partial charge in [0.2, 0.25) is 11.8 Å². The zero-order chi connectivity index (χ0) is 25.0. The number of amides is 2. The van der Waals surface area contributed by atoms with Crippen LogP contribution in [0.2, 0.25) is 0 Å². The number of likely N-dealkylation sites (tertiary alicyclic amines) is 2. The molecule has 5 rings (SSSR count). The van der Waals surface area contributed by atoms with Crippen LogP contribution in [-0.2, 0) is 16.1 Å². The van der Waals surface area contributed by atoms with Gasteiger partial charge in [0.1, 0.15) is 0 Å². The lowest BCUT2D eigenvalue weighted by Gasteiger charge is -2.38. The van der Waals surface area contributed by atoms with Crippen LogP contribution in [0.1, 0.15) is 68.5 Å². The molecular formula is C30H39BrClN3O2. The van der Waals surface area contributed by atoms with E-state index in [1.165, 1.54) is 24.0 Å².